The number of anilines is 1. The van der Waals surface area contributed by atoms with E-state index in [1.807, 2.05) is 18.2 Å². The normalized spacial score (nSPS) is 19.3. The van der Waals surface area contributed by atoms with Gasteiger partial charge in [0.05, 0.1) is 6.10 Å². The Balaban J connectivity index is 2.02. The summed E-state index contributed by atoms with van der Waals surface area (Å²) in [6, 6.07) is 5.85. The second-order valence-electron chi connectivity index (χ2n) is 5.17. The van der Waals surface area contributed by atoms with Crippen LogP contribution in [0.5, 0.6) is 0 Å². The highest BCUT2D eigenvalue weighted by Gasteiger charge is 2.21. The van der Waals surface area contributed by atoms with E-state index in [0.29, 0.717) is 6.54 Å². The number of benzene rings is 1. The molecule has 0 aromatic heterocycles. The van der Waals surface area contributed by atoms with Crippen molar-refractivity contribution in [2.24, 2.45) is 0 Å². The van der Waals surface area contributed by atoms with Gasteiger partial charge in [0.25, 0.3) is 0 Å². The number of carbonyl (C=O) groups excluding carboxylic acids is 1. The van der Waals surface area contributed by atoms with Gasteiger partial charge in [-0.3, -0.25) is 0 Å². The molecule has 1 fully saturated rings. The lowest BCUT2D eigenvalue weighted by Gasteiger charge is -2.30. The number of urea groups is 1. The number of aliphatic hydroxyl groups excluding tert-OH is 1. The zero-order valence-electron chi connectivity index (χ0n) is 11.6. The fraction of sp³-hybridized carbons (Fsp3) is 0.533. The number of carbonyl (C=O) groups is 1. The molecule has 2 rings (SSSR count). The molecule has 1 heterocycles. The standard InChI is InChI=1S/C15H22N2O2/c1-3-12-9-13(7-6-11(12)2)16-15(19)17-8-4-5-14(18)10-17/h6-7,9,14,18H,3-5,8,10H2,1-2H3,(H,16,19). The smallest absolute Gasteiger partial charge is 0.321 e. The Kier molecular flexibility index (Phi) is 4.43. The van der Waals surface area contributed by atoms with Crippen LogP contribution in [0.1, 0.15) is 30.9 Å². The molecular formula is C15H22N2O2. The first-order valence-electron chi connectivity index (χ1n) is 6.93. The summed E-state index contributed by atoms with van der Waals surface area (Å²) in [7, 11) is 0. The van der Waals surface area contributed by atoms with Crippen LogP contribution in [0.2, 0.25) is 0 Å². The maximum Gasteiger partial charge on any atom is 0.321 e. The first-order chi connectivity index (χ1) is 9.10. The molecule has 4 nitrogen and oxygen atoms in total. The number of nitrogens with zero attached hydrogens (tertiary/aromatic N) is 1. The molecule has 4 heteroatoms. The van der Waals surface area contributed by atoms with Crippen molar-refractivity contribution in [2.45, 2.75) is 39.2 Å². The number of likely N-dealkylation sites (tertiary alicyclic amines) is 1. The zero-order chi connectivity index (χ0) is 13.8. The Morgan fingerprint density at radius 3 is 3.00 bits per heavy atom. The van der Waals surface area contributed by atoms with Gasteiger partial charge in [-0.2, -0.15) is 0 Å². The van der Waals surface area contributed by atoms with Crippen molar-refractivity contribution < 1.29 is 9.90 Å². The SMILES string of the molecule is CCc1cc(NC(=O)N2CCCC(O)C2)ccc1C. The van der Waals surface area contributed by atoms with E-state index in [2.05, 4.69) is 19.2 Å². The molecule has 104 valence electrons. The Labute approximate surface area is 114 Å². The Bertz CT molecular complexity index is 459. The van der Waals surface area contributed by atoms with Crippen LogP contribution < -0.4 is 5.32 Å². The molecule has 2 amide bonds. The van der Waals surface area contributed by atoms with Crippen molar-refractivity contribution in [3.63, 3.8) is 0 Å². The molecule has 0 spiro atoms. The predicted molar refractivity (Wildman–Crippen MR) is 76.4 cm³/mol. The predicted octanol–water partition coefficient (Wildman–Crippen LogP) is 2.55. The highest BCUT2D eigenvalue weighted by molar-refractivity contribution is 5.89. The maximum absolute atomic E-state index is 12.1. The van der Waals surface area contributed by atoms with Crippen molar-refractivity contribution in [1.29, 1.82) is 0 Å². The molecule has 1 aromatic carbocycles. The third-order valence-electron chi connectivity index (χ3n) is 3.67. The number of rotatable bonds is 2. The second kappa shape index (κ2) is 6.06. The molecule has 1 atom stereocenters. The average Bonchev–Trinajstić information content (AvgIpc) is 2.41. The van der Waals surface area contributed by atoms with Gasteiger partial charge in [-0.05, 0) is 49.4 Å². The molecule has 0 saturated carbocycles. The highest BCUT2D eigenvalue weighted by atomic mass is 16.3. The van der Waals surface area contributed by atoms with Crippen LogP contribution >= 0.6 is 0 Å². The van der Waals surface area contributed by atoms with E-state index < -0.39 is 0 Å². The molecule has 19 heavy (non-hydrogen) atoms. The van der Waals surface area contributed by atoms with E-state index in [4.69, 9.17) is 0 Å². The summed E-state index contributed by atoms with van der Waals surface area (Å²) in [5.74, 6) is 0. The Morgan fingerprint density at radius 1 is 1.53 bits per heavy atom. The van der Waals surface area contributed by atoms with Crippen LogP contribution in [0.25, 0.3) is 0 Å². The number of piperidine rings is 1. The van der Waals surface area contributed by atoms with Crippen molar-refractivity contribution in [2.75, 3.05) is 18.4 Å². The van der Waals surface area contributed by atoms with Crippen LogP contribution in [0.4, 0.5) is 10.5 Å². The van der Waals surface area contributed by atoms with E-state index in [-0.39, 0.29) is 12.1 Å². The number of β-amino-alcohol motifs (C(OH)–C–C–N with tert-alkyl or cyclic N) is 1. The number of nitrogens with one attached hydrogen (secondary N) is 1. The molecule has 0 aliphatic carbocycles. The van der Waals surface area contributed by atoms with E-state index in [1.54, 1.807) is 4.90 Å². The summed E-state index contributed by atoms with van der Waals surface area (Å²) >= 11 is 0. The zero-order valence-corrected chi connectivity index (χ0v) is 11.6. The molecule has 0 radical (unpaired) electrons. The summed E-state index contributed by atoms with van der Waals surface area (Å²) in [5.41, 5.74) is 3.32. The maximum atomic E-state index is 12.1. The molecule has 1 aliphatic rings. The van der Waals surface area contributed by atoms with Crippen molar-refractivity contribution in [3.05, 3.63) is 29.3 Å². The molecule has 1 unspecified atom stereocenters. The largest absolute Gasteiger partial charge is 0.391 e. The van der Waals surface area contributed by atoms with Gasteiger partial charge in [-0.25, -0.2) is 4.79 Å². The van der Waals surface area contributed by atoms with E-state index >= 15 is 0 Å². The van der Waals surface area contributed by atoms with Gasteiger partial charge < -0.3 is 15.3 Å². The Hall–Kier alpha value is -1.55. The van der Waals surface area contributed by atoms with Gasteiger partial charge in [0, 0.05) is 18.8 Å². The number of hydrogen-bond acceptors (Lipinski definition) is 2. The lowest BCUT2D eigenvalue weighted by Crippen LogP contribution is -2.44. The lowest BCUT2D eigenvalue weighted by atomic mass is 10.1. The van der Waals surface area contributed by atoms with Crippen molar-refractivity contribution >= 4 is 11.7 Å². The lowest BCUT2D eigenvalue weighted by molar-refractivity contribution is 0.0883. The van der Waals surface area contributed by atoms with E-state index in [9.17, 15) is 9.90 Å². The minimum atomic E-state index is -0.385. The number of hydrogen-bond donors (Lipinski definition) is 2. The molecule has 1 aromatic rings. The summed E-state index contributed by atoms with van der Waals surface area (Å²) in [6.07, 6.45) is 2.22. The number of amides is 2. The van der Waals surface area contributed by atoms with Gasteiger partial charge in [0.1, 0.15) is 0 Å². The van der Waals surface area contributed by atoms with Gasteiger partial charge in [0.15, 0.2) is 0 Å². The third-order valence-corrected chi connectivity index (χ3v) is 3.67. The van der Waals surface area contributed by atoms with Gasteiger partial charge in [-0.15, -0.1) is 0 Å². The van der Waals surface area contributed by atoms with Crippen LogP contribution in [-0.4, -0.2) is 35.2 Å². The minimum Gasteiger partial charge on any atom is -0.391 e. The van der Waals surface area contributed by atoms with E-state index in [0.717, 1.165) is 31.5 Å². The van der Waals surface area contributed by atoms with Gasteiger partial charge in [0.2, 0.25) is 0 Å². The summed E-state index contributed by atoms with van der Waals surface area (Å²) in [6.45, 7) is 5.33. The quantitative estimate of drug-likeness (QED) is 0.860. The van der Waals surface area contributed by atoms with Crippen LogP contribution in [0.15, 0.2) is 18.2 Å². The fourth-order valence-electron chi connectivity index (χ4n) is 2.47. The molecular weight excluding hydrogens is 240 g/mol. The molecule has 1 saturated heterocycles. The van der Waals surface area contributed by atoms with Crippen LogP contribution in [0.3, 0.4) is 0 Å². The van der Waals surface area contributed by atoms with Crippen molar-refractivity contribution in [1.82, 2.24) is 4.90 Å². The third kappa shape index (κ3) is 3.47. The monoisotopic (exact) mass is 262 g/mol. The van der Waals surface area contributed by atoms with Gasteiger partial charge >= 0.3 is 6.03 Å². The topological polar surface area (TPSA) is 52.6 Å². The second-order valence-corrected chi connectivity index (χ2v) is 5.17. The molecule has 1 aliphatic heterocycles. The van der Waals surface area contributed by atoms with Crippen molar-refractivity contribution in [3.8, 4) is 0 Å². The Morgan fingerprint density at radius 2 is 2.32 bits per heavy atom. The average molecular weight is 262 g/mol. The summed E-state index contributed by atoms with van der Waals surface area (Å²) in [4.78, 5) is 13.8. The number of aliphatic hydroxyl groups is 1. The molecule has 2 N–H and O–H groups in total. The fourth-order valence-corrected chi connectivity index (χ4v) is 2.47. The molecule has 0 bridgehead atoms. The number of aryl methyl sites for hydroxylation is 2. The summed E-state index contributed by atoms with van der Waals surface area (Å²) < 4.78 is 0. The van der Waals surface area contributed by atoms with E-state index in [1.165, 1.54) is 11.1 Å². The minimum absolute atomic E-state index is 0.121. The van der Waals surface area contributed by atoms with Crippen LogP contribution in [0, 0.1) is 6.92 Å². The first-order valence-corrected chi connectivity index (χ1v) is 6.93. The van der Waals surface area contributed by atoms with Gasteiger partial charge in [-0.1, -0.05) is 13.0 Å². The first kappa shape index (κ1) is 13.9. The van der Waals surface area contributed by atoms with Crippen LogP contribution in [-0.2, 0) is 6.42 Å². The summed E-state index contributed by atoms with van der Waals surface area (Å²) in [5, 5.41) is 12.5. The highest BCUT2D eigenvalue weighted by Crippen LogP contribution is 2.17.